The number of benzene rings is 1. The zero-order valence-electron chi connectivity index (χ0n) is 15.5. The molecule has 0 spiro atoms. The number of anilines is 1. The maximum absolute atomic E-state index is 12.0. The van der Waals surface area contributed by atoms with E-state index in [9.17, 15) is 9.59 Å². The van der Waals surface area contributed by atoms with Gasteiger partial charge in [0.1, 0.15) is 0 Å². The molecule has 8 heteroatoms. The van der Waals surface area contributed by atoms with Crippen molar-refractivity contribution in [2.45, 2.75) is 33.1 Å². The third-order valence-corrected chi connectivity index (χ3v) is 4.19. The van der Waals surface area contributed by atoms with Gasteiger partial charge in [0.15, 0.2) is 16.6 Å². The first-order valence-corrected chi connectivity index (χ1v) is 9.74. The average molecular weight is 392 g/mol. The summed E-state index contributed by atoms with van der Waals surface area (Å²) in [5, 5.41) is 4.94. The van der Waals surface area contributed by atoms with E-state index in [2.05, 4.69) is 10.3 Å². The lowest BCUT2D eigenvalue weighted by atomic mass is 10.3. The number of ether oxygens (including phenoxy) is 3. The van der Waals surface area contributed by atoms with Crippen molar-refractivity contribution >= 4 is 28.3 Å². The number of carbonyl (C=O) groups is 2. The van der Waals surface area contributed by atoms with E-state index in [1.54, 1.807) is 12.3 Å². The summed E-state index contributed by atoms with van der Waals surface area (Å²) in [6.45, 7) is 4.98. The molecule has 2 aromatic rings. The Bertz CT molecular complexity index is 747. The first kappa shape index (κ1) is 20.7. The molecular weight excluding hydrogens is 368 g/mol. The van der Waals surface area contributed by atoms with Crippen LogP contribution in [0.25, 0.3) is 0 Å². The Morgan fingerprint density at radius 2 is 1.85 bits per heavy atom. The van der Waals surface area contributed by atoms with E-state index < -0.39 is 0 Å². The molecule has 146 valence electrons. The van der Waals surface area contributed by atoms with E-state index in [0.717, 1.165) is 0 Å². The number of esters is 1. The van der Waals surface area contributed by atoms with E-state index in [-0.39, 0.29) is 18.3 Å². The zero-order chi connectivity index (χ0) is 19.5. The third kappa shape index (κ3) is 7.26. The highest BCUT2D eigenvalue weighted by atomic mass is 32.1. The Labute approximate surface area is 162 Å². The van der Waals surface area contributed by atoms with Crippen LogP contribution in [-0.2, 0) is 20.7 Å². The Morgan fingerprint density at radius 1 is 1.11 bits per heavy atom. The molecule has 0 radical (unpaired) electrons. The number of hydrogen-bond acceptors (Lipinski definition) is 7. The molecule has 0 aliphatic rings. The Hall–Kier alpha value is -2.61. The fourth-order valence-electron chi connectivity index (χ4n) is 2.25. The fraction of sp³-hybridized carbons (Fsp3) is 0.421. The van der Waals surface area contributed by atoms with Crippen LogP contribution >= 0.6 is 11.3 Å². The molecule has 0 aliphatic heterocycles. The minimum atomic E-state index is -0.329. The largest absolute Gasteiger partial charge is 0.490 e. The van der Waals surface area contributed by atoms with E-state index in [1.165, 1.54) is 11.3 Å². The predicted molar refractivity (Wildman–Crippen MR) is 103 cm³/mol. The van der Waals surface area contributed by atoms with E-state index in [0.29, 0.717) is 55.0 Å². The van der Waals surface area contributed by atoms with Gasteiger partial charge in [0, 0.05) is 11.8 Å². The molecule has 0 saturated heterocycles. The molecule has 0 aliphatic carbocycles. The lowest BCUT2D eigenvalue weighted by Gasteiger charge is -2.11. The fourth-order valence-corrected chi connectivity index (χ4v) is 2.97. The molecule has 1 amide bonds. The molecule has 0 fully saturated rings. The van der Waals surface area contributed by atoms with Crippen molar-refractivity contribution in [2.75, 3.05) is 25.1 Å². The molecule has 0 atom stereocenters. The first-order chi connectivity index (χ1) is 13.1. The van der Waals surface area contributed by atoms with Crippen molar-refractivity contribution in [1.82, 2.24) is 4.98 Å². The topological polar surface area (TPSA) is 86.8 Å². The second-order valence-electron chi connectivity index (χ2n) is 5.51. The first-order valence-electron chi connectivity index (χ1n) is 8.86. The molecule has 1 aromatic carbocycles. The summed E-state index contributed by atoms with van der Waals surface area (Å²) >= 11 is 1.28. The van der Waals surface area contributed by atoms with Crippen molar-refractivity contribution in [3.63, 3.8) is 0 Å². The number of rotatable bonds is 11. The number of nitrogens with one attached hydrogen (secondary N) is 1. The molecule has 1 N–H and O–H groups in total. The van der Waals surface area contributed by atoms with Crippen LogP contribution in [0.15, 0.2) is 29.6 Å². The van der Waals surface area contributed by atoms with Gasteiger partial charge in [-0.15, -0.1) is 11.3 Å². The number of thiazole rings is 1. The van der Waals surface area contributed by atoms with Gasteiger partial charge in [-0.2, -0.15) is 0 Å². The van der Waals surface area contributed by atoms with Crippen molar-refractivity contribution < 1.29 is 23.8 Å². The van der Waals surface area contributed by atoms with E-state index >= 15 is 0 Å². The number of carbonyl (C=O) groups excluding carboxylic acids is 2. The van der Waals surface area contributed by atoms with Gasteiger partial charge in [0.2, 0.25) is 5.91 Å². The predicted octanol–water partition coefficient (Wildman–Crippen LogP) is 3.45. The van der Waals surface area contributed by atoms with Gasteiger partial charge >= 0.3 is 5.97 Å². The number of para-hydroxylation sites is 2. The summed E-state index contributed by atoms with van der Waals surface area (Å²) in [5.41, 5.74) is 0.588. The van der Waals surface area contributed by atoms with Crippen molar-refractivity contribution in [1.29, 1.82) is 0 Å². The Kier molecular flexibility index (Phi) is 8.57. The highest BCUT2D eigenvalue weighted by Crippen LogP contribution is 2.26. The average Bonchev–Trinajstić information content (AvgIpc) is 3.07. The van der Waals surface area contributed by atoms with Gasteiger partial charge in [0.25, 0.3) is 0 Å². The highest BCUT2D eigenvalue weighted by Gasteiger charge is 2.11. The number of amides is 1. The summed E-state index contributed by atoms with van der Waals surface area (Å²) in [5.74, 6) is 0.892. The maximum atomic E-state index is 12.0. The maximum Gasteiger partial charge on any atom is 0.311 e. The van der Waals surface area contributed by atoms with Crippen LogP contribution in [0.1, 0.15) is 32.4 Å². The molecule has 0 bridgehead atoms. The van der Waals surface area contributed by atoms with Crippen LogP contribution in [0.5, 0.6) is 11.5 Å². The van der Waals surface area contributed by atoms with E-state index in [1.807, 2.05) is 31.2 Å². The van der Waals surface area contributed by atoms with Gasteiger partial charge in [-0.25, -0.2) is 4.98 Å². The summed E-state index contributed by atoms with van der Waals surface area (Å²) in [4.78, 5) is 27.7. The van der Waals surface area contributed by atoms with Gasteiger partial charge in [-0.05, 0) is 32.4 Å². The van der Waals surface area contributed by atoms with Crippen molar-refractivity contribution in [3.05, 3.63) is 35.3 Å². The van der Waals surface area contributed by atoms with Crippen molar-refractivity contribution in [2.24, 2.45) is 0 Å². The quantitative estimate of drug-likeness (QED) is 0.466. The highest BCUT2D eigenvalue weighted by molar-refractivity contribution is 7.13. The minimum absolute atomic E-state index is 0.104. The summed E-state index contributed by atoms with van der Waals surface area (Å²) in [6, 6.07) is 7.45. The SMILES string of the molecule is CCOC(=O)Cc1csc(NC(=O)CCCOc2ccccc2OCC)n1. The molecule has 27 heavy (non-hydrogen) atoms. The molecule has 1 aromatic heterocycles. The Balaban J connectivity index is 1.71. The standard InChI is InChI=1S/C19H24N2O5S/c1-3-24-15-8-5-6-9-16(15)26-11-7-10-17(22)21-19-20-14(13-27-19)12-18(23)25-4-2/h5-6,8-9,13H,3-4,7,10-12H2,1-2H3,(H,20,21,22). The lowest BCUT2D eigenvalue weighted by molar-refractivity contribution is -0.142. The molecule has 0 unspecified atom stereocenters. The molecule has 1 heterocycles. The van der Waals surface area contributed by atoms with Crippen LogP contribution in [-0.4, -0.2) is 36.7 Å². The van der Waals surface area contributed by atoms with Crippen LogP contribution in [0, 0.1) is 0 Å². The summed E-state index contributed by atoms with van der Waals surface area (Å²) < 4.78 is 16.1. The molecular formula is C19H24N2O5S. The van der Waals surface area contributed by atoms with Crippen molar-refractivity contribution in [3.8, 4) is 11.5 Å². The smallest absolute Gasteiger partial charge is 0.311 e. The number of aromatic nitrogens is 1. The van der Waals surface area contributed by atoms with Gasteiger partial charge in [0.05, 0.1) is 31.9 Å². The van der Waals surface area contributed by atoms with E-state index in [4.69, 9.17) is 14.2 Å². The monoisotopic (exact) mass is 392 g/mol. The summed E-state index contributed by atoms with van der Waals surface area (Å²) in [6.07, 6.45) is 0.976. The van der Waals surface area contributed by atoms with Gasteiger partial charge in [-0.3, -0.25) is 9.59 Å². The second-order valence-corrected chi connectivity index (χ2v) is 6.36. The Morgan fingerprint density at radius 3 is 2.56 bits per heavy atom. The third-order valence-electron chi connectivity index (χ3n) is 3.38. The molecule has 2 rings (SSSR count). The molecule has 7 nitrogen and oxygen atoms in total. The van der Waals surface area contributed by atoms with Crippen LogP contribution in [0.2, 0.25) is 0 Å². The lowest BCUT2D eigenvalue weighted by Crippen LogP contribution is -2.13. The normalized spacial score (nSPS) is 10.3. The summed E-state index contributed by atoms with van der Waals surface area (Å²) in [7, 11) is 0. The van der Waals surface area contributed by atoms with Crippen LogP contribution < -0.4 is 14.8 Å². The van der Waals surface area contributed by atoms with Crippen LogP contribution in [0.4, 0.5) is 5.13 Å². The number of nitrogens with zero attached hydrogens (tertiary/aromatic N) is 1. The zero-order valence-corrected chi connectivity index (χ0v) is 16.3. The minimum Gasteiger partial charge on any atom is -0.490 e. The van der Waals surface area contributed by atoms with Gasteiger partial charge < -0.3 is 19.5 Å². The molecule has 0 saturated carbocycles. The van der Waals surface area contributed by atoms with Gasteiger partial charge in [-0.1, -0.05) is 12.1 Å². The number of hydrogen-bond donors (Lipinski definition) is 1. The van der Waals surface area contributed by atoms with Crippen LogP contribution in [0.3, 0.4) is 0 Å². The second kappa shape index (κ2) is 11.2.